The monoisotopic (exact) mass is 543 g/mol. The lowest BCUT2D eigenvalue weighted by atomic mass is 10.0. The Labute approximate surface area is 206 Å². The molecule has 1 aromatic carbocycles. The maximum atomic E-state index is 5.48. The summed E-state index contributed by atoms with van der Waals surface area (Å²) in [5, 5.41) is 6.95. The molecule has 7 heteroatoms. The molecule has 0 saturated carbocycles. The highest BCUT2D eigenvalue weighted by Crippen LogP contribution is 2.19. The van der Waals surface area contributed by atoms with Crippen LogP contribution in [0.4, 0.5) is 0 Å². The van der Waals surface area contributed by atoms with E-state index < -0.39 is 0 Å². The Morgan fingerprint density at radius 1 is 1.06 bits per heavy atom. The van der Waals surface area contributed by atoms with Gasteiger partial charge in [0.1, 0.15) is 0 Å². The number of halogens is 1. The fraction of sp³-hybridized carbons (Fsp3) is 0.708. The van der Waals surface area contributed by atoms with Crippen LogP contribution in [0.1, 0.15) is 51.2 Å². The van der Waals surface area contributed by atoms with Crippen molar-refractivity contribution in [2.75, 3.05) is 46.4 Å². The minimum Gasteiger partial charge on any atom is -0.379 e. The number of benzene rings is 1. The first kappa shape index (κ1) is 26.4. The van der Waals surface area contributed by atoms with Gasteiger partial charge in [-0.3, -0.25) is 14.8 Å². The molecule has 0 spiro atoms. The number of hydrogen-bond acceptors (Lipinski definition) is 4. The second-order valence-corrected chi connectivity index (χ2v) is 9.32. The second-order valence-electron chi connectivity index (χ2n) is 9.32. The Bertz CT molecular complexity index is 673. The Kier molecular flexibility index (Phi) is 11.0. The third-order valence-corrected chi connectivity index (χ3v) is 6.59. The van der Waals surface area contributed by atoms with E-state index in [1.165, 1.54) is 36.9 Å². The number of morpholine rings is 1. The van der Waals surface area contributed by atoms with Crippen LogP contribution in [-0.2, 0) is 17.8 Å². The van der Waals surface area contributed by atoms with Crippen molar-refractivity contribution in [2.24, 2.45) is 4.99 Å². The molecule has 3 rings (SSSR count). The number of guanidine groups is 1. The van der Waals surface area contributed by atoms with Gasteiger partial charge in [-0.25, -0.2) is 0 Å². The van der Waals surface area contributed by atoms with Crippen LogP contribution >= 0.6 is 24.0 Å². The van der Waals surface area contributed by atoms with E-state index in [0.29, 0.717) is 6.04 Å². The first-order valence-electron chi connectivity index (χ1n) is 11.6. The number of nitrogens with zero attached hydrogens (tertiary/aromatic N) is 3. The SMILES string of the molecule is CN=C(NCc1ccc(CN2CCCCC2C)cc1)NCC(C)(C)N1CCOCC1.I. The molecule has 176 valence electrons. The van der Waals surface area contributed by atoms with Gasteiger partial charge in [0.2, 0.25) is 0 Å². The minimum absolute atomic E-state index is 0. The average molecular weight is 544 g/mol. The van der Waals surface area contributed by atoms with Crippen molar-refractivity contribution in [2.45, 2.75) is 64.7 Å². The molecular weight excluding hydrogens is 501 g/mol. The zero-order valence-corrected chi connectivity index (χ0v) is 22.2. The molecule has 2 aliphatic heterocycles. The molecule has 0 aliphatic carbocycles. The Balaban J connectivity index is 0.00000341. The molecule has 2 saturated heterocycles. The predicted molar refractivity (Wildman–Crippen MR) is 140 cm³/mol. The number of rotatable bonds is 7. The van der Waals surface area contributed by atoms with E-state index in [0.717, 1.165) is 51.9 Å². The van der Waals surface area contributed by atoms with Crippen LogP contribution in [0.15, 0.2) is 29.3 Å². The number of likely N-dealkylation sites (tertiary alicyclic amines) is 1. The molecule has 1 unspecified atom stereocenters. The van der Waals surface area contributed by atoms with Gasteiger partial charge in [0.25, 0.3) is 0 Å². The summed E-state index contributed by atoms with van der Waals surface area (Å²) in [5.74, 6) is 0.850. The zero-order chi connectivity index (χ0) is 21.4. The molecule has 0 aromatic heterocycles. The number of piperidine rings is 1. The maximum Gasteiger partial charge on any atom is 0.191 e. The molecular formula is C24H42IN5O. The van der Waals surface area contributed by atoms with Gasteiger partial charge in [0.05, 0.1) is 13.2 Å². The number of nitrogens with one attached hydrogen (secondary N) is 2. The van der Waals surface area contributed by atoms with Crippen LogP contribution in [-0.4, -0.2) is 73.8 Å². The standard InChI is InChI=1S/C24H41N5O.HI/c1-20-7-5-6-12-28(20)18-22-10-8-21(9-11-22)17-26-23(25-4)27-19-24(2,3)29-13-15-30-16-14-29;/h8-11,20H,5-7,12-19H2,1-4H3,(H2,25,26,27);1H. The fourth-order valence-corrected chi connectivity index (χ4v) is 4.38. The highest BCUT2D eigenvalue weighted by molar-refractivity contribution is 14.0. The summed E-state index contributed by atoms with van der Waals surface area (Å²) in [6.45, 7) is 14.5. The normalized spacial score (nSPS) is 21.4. The number of hydrogen-bond donors (Lipinski definition) is 2. The van der Waals surface area contributed by atoms with E-state index in [2.05, 4.69) is 70.5 Å². The molecule has 1 aromatic rings. The number of aliphatic imine (C=N–C) groups is 1. The summed E-state index contributed by atoms with van der Waals surface area (Å²) in [7, 11) is 1.83. The third-order valence-electron chi connectivity index (χ3n) is 6.59. The minimum atomic E-state index is 0. The van der Waals surface area contributed by atoms with Crippen molar-refractivity contribution in [1.29, 1.82) is 0 Å². The van der Waals surface area contributed by atoms with E-state index >= 15 is 0 Å². The summed E-state index contributed by atoms with van der Waals surface area (Å²) in [4.78, 5) is 9.49. The predicted octanol–water partition coefficient (Wildman–Crippen LogP) is 3.45. The second kappa shape index (κ2) is 13.0. The van der Waals surface area contributed by atoms with E-state index in [-0.39, 0.29) is 29.5 Å². The zero-order valence-electron chi connectivity index (χ0n) is 19.8. The van der Waals surface area contributed by atoms with Crippen LogP contribution in [0.3, 0.4) is 0 Å². The molecule has 0 radical (unpaired) electrons. The number of ether oxygens (including phenoxy) is 1. The Morgan fingerprint density at radius 2 is 1.74 bits per heavy atom. The van der Waals surface area contributed by atoms with Gasteiger partial charge in [-0.15, -0.1) is 24.0 Å². The largest absolute Gasteiger partial charge is 0.379 e. The van der Waals surface area contributed by atoms with Crippen LogP contribution in [0.5, 0.6) is 0 Å². The van der Waals surface area contributed by atoms with Crippen LogP contribution in [0.2, 0.25) is 0 Å². The van der Waals surface area contributed by atoms with Gasteiger partial charge < -0.3 is 15.4 Å². The van der Waals surface area contributed by atoms with Crippen LogP contribution in [0, 0.1) is 0 Å². The van der Waals surface area contributed by atoms with Gasteiger partial charge in [-0.05, 0) is 51.3 Å². The third kappa shape index (κ3) is 8.18. The molecule has 2 heterocycles. The van der Waals surface area contributed by atoms with Crippen molar-refractivity contribution in [3.63, 3.8) is 0 Å². The fourth-order valence-electron chi connectivity index (χ4n) is 4.38. The molecule has 0 bridgehead atoms. The van der Waals surface area contributed by atoms with Gasteiger partial charge in [0, 0.05) is 51.4 Å². The first-order valence-corrected chi connectivity index (χ1v) is 11.6. The lowest BCUT2D eigenvalue weighted by Crippen LogP contribution is -2.56. The van der Waals surface area contributed by atoms with Crippen molar-refractivity contribution >= 4 is 29.9 Å². The van der Waals surface area contributed by atoms with E-state index in [1.54, 1.807) is 0 Å². The molecule has 6 nitrogen and oxygen atoms in total. The Morgan fingerprint density at radius 3 is 2.39 bits per heavy atom. The van der Waals surface area contributed by atoms with Crippen LogP contribution in [0.25, 0.3) is 0 Å². The summed E-state index contributed by atoms with van der Waals surface area (Å²) in [5.41, 5.74) is 2.75. The van der Waals surface area contributed by atoms with Gasteiger partial charge in [-0.1, -0.05) is 30.7 Å². The Hall–Kier alpha value is -0.900. The molecule has 2 fully saturated rings. The van der Waals surface area contributed by atoms with Gasteiger partial charge in [-0.2, -0.15) is 0 Å². The van der Waals surface area contributed by atoms with E-state index in [9.17, 15) is 0 Å². The quantitative estimate of drug-likeness (QED) is 0.314. The highest BCUT2D eigenvalue weighted by atomic mass is 127. The van der Waals surface area contributed by atoms with Gasteiger partial charge >= 0.3 is 0 Å². The maximum absolute atomic E-state index is 5.48. The van der Waals surface area contributed by atoms with E-state index in [4.69, 9.17) is 4.74 Å². The molecule has 2 N–H and O–H groups in total. The molecule has 0 amide bonds. The summed E-state index contributed by atoms with van der Waals surface area (Å²) < 4.78 is 5.48. The first-order chi connectivity index (χ1) is 14.5. The summed E-state index contributed by atoms with van der Waals surface area (Å²) >= 11 is 0. The van der Waals surface area contributed by atoms with Crippen molar-refractivity contribution in [3.8, 4) is 0 Å². The average Bonchev–Trinajstić information content (AvgIpc) is 2.77. The van der Waals surface area contributed by atoms with E-state index in [1.807, 2.05) is 7.05 Å². The molecule has 2 aliphatic rings. The molecule has 31 heavy (non-hydrogen) atoms. The molecule has 1 atom stereocenters. The van der Waals surface area contributed by atoms with Crippen LogP contribution < -0.4 is 10.6 Å². The van der Waals surface area contributed by atoms with Crippen molar-refractivity contribution < 1.29 is 4.74 Å². The summed E-state index contributed by atoms with van der Waals surface area (Å²) in [6.07, 6.45) is 4.04. The lowest BCUT2D eigenvalue weighted by Gasteiger charge is -2.41. The van der Waals surface area contributed by atoms with Crippen molar-refractivity contribution in [3.05, 3.63) is 35.4 Å². The summed E-state index contributed by atoms with van der Waals surface area (Å²) in [6, 6.07) is 9.73. The highest BCUT2D eigenvalue weighted by Gasteiger charge is 2.28. The van der Waals surface area contributed by atoms with Gasteiger partial charge in [0.15, 0.2) is 5.96 Å². The van der Waals surface area contributed by atoms with Crippen molar-refractivity contribution in [1.82, 2.24) is 20.4 Å². The smallest absolute Gasteiger partial charge is 0.191 e. The lowest BCUT2D eigenvalue weighted by molar-refractivity contribution is -0.00834. The topological polar surface area (TPSA) is 52.1 Å².